The van der Waals surface area contributed by atoms with E-state index in [0.29, 0.717) is 11.5 Å². The van der Waals surface area contributed by atoms with E-state index in [1.54, 1.807) is 0 Å². The summed E-state index contributed by atoms with van der Waals surface area (Å²) in [5.41, 5.74) is 4.41. The van der Waals surface area contributed by atoms with Crippen molar-refractivity contribution in [1.29, 1.82) is 0 Å². The van der Waals surface area contributed by atoms with Gasteiger partial charge in [-0.15, -0.1) is 0 Å². The summed E-state index contributed by atoms with van der Waals surface area (Å²) in [5.74, 6) is 0.711. The highest BCUT2D eigenvalue weighted by atomic mass is 28.4. The molecular formula is C37H68O4Si4. The fraction of sp³-hybridized carbons (Fsp3) is 0.676. The number of unbranched alkanes of at least 4 members (excludes halogenated alkanes) is 2. The fourth-order valence-electron chi connectivity index (χ4n) is 7.04. The molecule has 4 nitrogen and oxygen atoms in total. The van der Waals surface area contributed by atoms with Gasteiger partial charge in [0.15, 0.2) is 33.3 Å². The third kappa shape index (κ3) is 13.5. The molecule has 2 rings (SSSR count). The first-order valence-corrected chi connectivity index (χ1v) is 30.2. The minimum absolute atomic E-state index is 0.268. The summed E-state index contributed by atoms with van der Waals surface area (Å²) >= 11 is 0. The summed E-state index contributed by atoms with van der Waals surface area (Å²) in [6.45, 7) is 28.1. The maximum Gasteiger partial charge on any atom is 0.173 e. The molecule has 0 aromatic heterocycles. The molecule has 256 valence electrons. The van der Waals surface area contributed by atoms with Gasteiger partial charge in [0.2, 0.25) is 0 Å². The Labute approximate surface area is 281 Å². The number of aryl methyl sites for hydroxylation is 2. The molecule has 0 heterocycles. The average molecular weight is 689 g/mol. The zero-order valence-corrected chi connectivity index (χ0v) is 35.2. The first kappa shape index (κ1) is 40.0. The number of phenols is 2. The van der Waals surface area contributed by atoms with Gasteiger partial charge in [0.25, 0.3) is 0 Å². The van der Waals surface area contributed by atoms with Crippen LogP contribution in [0.1, 0.15) is 88.5 Å². The normalized spacial score (nSPS) is 13.4. The molecule has 2 N–H and O–H groups in total. The van der Waals surface area contributed by atoms with Gasteiger partial charge in [0, 0.05) is 5.41 Å². The molecule has 2 aromatic rings. The van der Waals surface area contributed by atoms with Crippen molar-refractivity contribution < 1.29 is 18.4 Å². The Kier molecular flexibility index (Phi) is 14.9. The Hall–Kier alpha value is -1.17. The fourth-order valence-corrected chi connectivity index (χ4v) is 25.1. The van der Waals surface area contributed by atoms with Gasteiger partial charge in [0.05, 0.1) is 0 Å². The van der Waals surface area contributed by atoms with Gasteiger partial charge in [-0.2, -0.15) is 0 Å². The lowest BCUT2D eigenvalue weighted by molar-refractivity contribution is 0.465. The van der Waals surface area contributed by atoms with Crippen LogP contribution in [0.3, 0.4) is 0 Å². The molecule has 0 bridgehead atoms. The van der Waals surface area contributed by atoms with Crippen LogP contribution < -0.4 is 0 Å². The lowest BCUT2D eigenvalue weighted by Gasteiger charge is -2.34. The monoisotopic (exact) mass is 688 g/mol. The van der Waals surface area contributed by atoms with Gasteiger partial charge in [-0.1, -0.05) is 71.6 Å². The molecule has 0 unspecified atom stereocenters. The molecule has 0 aliphatic carbocycles. The predicted molar refractivity (Wildman–Crippen MR) is 206 cm³/mol. The van der Waals surface area contributed by atoms with E-state index in [4.69, 9.17) is 8.23 Å². The van der Waals surface area contributed by atoms with E-state index in [9.17, 15) is 10.2 Å². The summed E-state index contributed by atoms with van der Waals surface area (Å²) in [6, 6.07) is 16.8. The number of hydrogen-bond donors (Lipinski definition) is 2. The van der Waals surface area contributed by atoms with Crippen LogP contribution in [0, 0.1) is 0 Å². The molecular weight excluding hydrogens is 621 g/mol. The third-order valence-electron chi connectivity index (χ3n) is 9.38. The number of phenolic OH excluding ortho intramolecular Hbond substituents is 2. The van der Waals surface area contributed by atoms with Crippen molar-refractivity contribution >= 4 is 33.3 Å². The highest BCUT2D eigenvalue weighted by Gasteiger charge is 2.34. The molecule has 0 saturated heterocycles. The van der Waals surface area contributed by atoms with Gasteiger partial charge in [-0.05, 0) is 143 Å². The number of hydrogen-bond acceptors (Lipinski definition) is 4. The largest absolute Gasteiger partial charge is 0.508 e. The van der Waals surface area contributed by atoms with E-state index in [0.717, 1.165) is 43.3 Å². The number of benzene rings is 2. The lowest BCUT2D eigenvalue weighted by atomic mass is 9.75. The Balaban J connectivity index is 2.16. The highest BCUT2D eigenvalue weighted by Crippen LogP contribution is 2.38. The third-order valence-corrected chi connectivity index (χ3v) is 24.5. The van der Waals surface area contributed by atoms with Gasteiger partial charge in [-0.3, -0.25) is 0 Å². The Morgan fingerprint density at radius 3 is 1.49 bits per heavy atom. The maximum absolute atomic E-state index is 10.8. The topological polar surface area (TPSA) is 58.9 Å². The van der Waals surface area contributed by atoms with E-state index in [-0.39, 0.29) is 5.41 Å². The van der Waals surface area contributed by atoms with Crippen molar-refractivity contribution in [2.75, 3.05) is 0 Å². The molecule has 45 heavy (non-hydrogen) atoms. The van der Waals surface area contributed by atoms with Crippen molar-refractivity contribution in [2.45, 2.75) is 161 Å². The van der Waals surface area contributed by atoms with Crippen molar-refractivity contribution in [3.63, 3.8) is 0 Å². The second-order valence-electron chi connectivity index (χ2n) is 16.5. The maximum atomic E-state index is 10.8. The molecule has 0 radical (unpaired) electrons. The summed E-state index contributed by atoms with van der Waals surface area (Å²) in [4.78, 5) is 0. The molecule has 0 saturated carbocycles. The standard InChI is InChI=1S/C37H68O4Si4/c1-13-15-25-42(5,6)40-44(9,10)27-17-19-31-30-34(38)22-23-35(31)37(3,4)33-21-24-36(39)32(29-33)20-18-28-45(11,12)41-43(7,8)26-16-14-2/h21-24,29-30,38-39H,13-20,25-28H2,1-12H3. The van der Waals surface area contributed by atoms with Crippen molar-refractivity contribution in [3.05, 3.63) is 58.7 Å². The molecule has 2 aromatic carbocycles. The Morgan fingerprint density at radius 2 is 1.02 bits per heavy atom. The number of rotatable bonds is 20. The summed E-state index contributed by atoms with van der Waals surface area (Å²) in [7, 11) is -6.80. The second kappa shape index (κ2) is 16.8. The van der Waals surface area contributed by atoms with Crippen LogP contribution in [0.5, 0.6) is 11.5 Å². The Morgan fingerprint density at radius 1 is 0.578 bits per heavy atom. The predicted octanol–water partition coefficient (Wildman–Crippen LogP) is 11.7. The van der Waals surface area contributed by atoms with E-state index in [2.05, 4.69) is 98.3 Å². The summed E-state index contributed by atoms with van der Waals surface area (Å²) < 4.78 is 13.7. The van der Waals surface area contributed by atoms with Gasteiger partial charge in [-0.25, -0.2) is 0 Å². The number of aromatic hydroxyl groups is 2. The van der Waals surface area contributed by atoms with E-state index in [1.165, 1.54) is 54.5 Å². The minimum Gasteiger partial charge on any atom is -0.508 e. The summed E-state index contributed by atoms with van der Waals surface area (Å²) in [6.07, 6.45) is 8.84. The summed E-state index contributed by atoms with van der Waals surface area (Å²) in [5, 5.41) is 21.3. The van der Waals surface area contributed by atoms with Crippen molar-refractivity contribution in [3.8, 4) is 11.5 Å². The molecule has 0 aliphatic heterocycles. The van der Waals surface area contributed by atoms with E-state index >= 15 is 0 Å². The molecule has 0 spiro atoms. The molecule has 0 fully saturated rings. The van der Waals surface area contributed by atoms with Crippen molar-refractivity contribution in [2.24, 2.45) is 0 Å². The van der Waals surface area contributed by atoms with Crippen molar-refractivity contribution in [1.82, 2.24) is 0 Å². The zero-order chi connectivity index (χ0) is 34.1. The quantitative estimate of drug-likeness (QED) is 0.136. The Bertz CT molecular complexity index is 1210. The van der Waals surface area contributed by atoms with Crippen LogP contribution in [0.2, 0.25) is 76.6 Å². The van der Waals surface area contributed by atoms with Crippen LogP contribution in [0.25, 0.3) is 0 Å². The average Bonchev–Trinajstić information content (AvgIpc) is 2.90. The van der Waals surface area contributed by atoms with Crippen LogP contribution in [-0.4, -0.2) is 43.5 Å². The van der Waals surface area contributed by atoms with Gasteiger partial charge in [0.1, 0.15) is 11.5 Å². The molecule has 0 amide bonds. The van der Waals surface area contributed by atoms with E-state index in [1.807, 2.05) is 18.2 Å². The minimum atomic E-state index is -1.78. The first-order chi connectivity index (χ1) is 20.7. The highest BCUT2D eigenvalue weighted by molar-refractivity contribution is 6.85. The van der Waals surface area contributed by atoms with Crippen LogP contribution in [0.4, 0.5) is 0 Å². The first-order valence-electron chi connectivity index (χ1n) is 17.8. The molecule has 0 atom stereocenters. The van der Waals surface area contributed by atoms with Crippen LogP contribution >= 0.6 is 0 Å². The molecule has 0 aliphatic rings. The van der Waals surface area contributed by atoms with Crippen LogP contribution in [0.15, 0.2) is 36.4 Å². The van der Waals surface area contributed by atoms with E-state index < -0.39 is 33.3 Å². The lowest BCUT2D eigenvalue weighted by Crippen LogP contribution is -2.44. The van der Waals surface area contributed by atoms with Crippen LogP contribution in [-0.2, 0) is 26.5 Å². The SMILES string of the molecule is CCCC[Si](C)(C)O[Si](C)(C)CCCc1cc(C(C)(C)c2ccc(O)cc2CCC[Si](C)(C)O[Si](C)(C)CCCC)ccc1O. The van der Waals surface area contributed by atoms with Gasteiger partial charge >= 0.3 is 0 Å². The van der Waals surface area contributed by atoms with Gasteiger partial charge < -0.3 is 18.4 Å². The zero-order valence-electron chi connectivity index (χ0n) is 31.2. The smallest absolute Gasteiger partial charge is 0.173 e. The molecule has 8 heteroatoms. The second-order valence-corrected chi connectivity index (χ2v) is 34.2.